The fraction of sp³-hybridized carbons (Fsp3) is 0.296. The highest BCUT2D eigenvalue weighted by atomic mass is 35.5. The molecule has 1 saturated heterocycles. The number of furan rings is 1. The number of anilines is 1. The zero-order valence-electron chi connectivity index (χ0n) is 20.3. The Bertz CT molecular complexity index is 1210. The van der Waals surface area contributed by atoms with E-state index in [9.17, 15) is 14.4 Å². The maximum absolute atomic E-state index is 13.7. The Labute approximate surface area is 219 Å². The van der Waals surface area contributed by atoms with Crippen molar-refractivity contribution < 1.29 is 28.3 Å². The molecule has 0 aliphatic carbocycles. The molecule has 2 N–H and O–H groups in total. The third-order valence-electron chi connectivity index (χ3n) is 5.98. The van der Waals surface area contributed by atoms with E-state index in [2.05, 4.69) is 10.6 Å². The van der Waals surface area contributed by atoms with Gasteiger partial charge in [-0.3, -0.25) is 19.3 Å². The van der Waals surface area contributed by atoms with Crippen LogP contribution in [0.3, 0.4) is 0 Å². The van der Waals surface area contributed by atoms with Gasteiger partial charge in [0.05, 0.1) is 31.0 Å². The zero-order valence-corrected chi connectivity index (χ0v) is 21.1. The van der Waals surface area contributed by atoms with Gasteiger partial charge in [0.25, 0.3) is 5.91 Å². The van der Waals surface area contributed by atoms with Crippen molar-refractivity contribution in [3.63, 3.8) is 0 Å². The van der Waals surface area contributed by atoms with Crippen LogP contribution >= 0.6 is 11.6 Å². The number of amides is 3. The number of carbonyl (C=O) groups is 3. The number of methoxy groups -OCH3 is 1. The summed E-state index contributed by atoms with van der Waals surface area (Å²) < 4.78 is 16.0. The molecule has 2 atom stereocenters. The molecule has 1 aliphatic rings. The molecule has 0 spiro atoms. The first kappa shape index (κ1) is 26.2. The Hall–Kier alpha value is -3.82. The number of ether oxygens (including phenoxy) is 2. The quantitative estimate of drug-likeness (QED) is 0.417. The van der Waals surface area contributed by atoms with E-state index in [0.29, 0.717) is 30.2 Å². The maximum atomic E-state index is 13.7. The molecule has 0 saturated carbocycles. The molecule has 194 valence electrons. The molecule has 3 aromatic rings. The lowest BCUT2D eigenvalue weighted by Crippen LogP contribution is -2.48. The molecule has 2 aromatic carbocycles. The van der Waals surface area contributed by atoms with Crippen LogP contribution in [0, 0.1) is 0 Å². The summed E-state index contributed by atoms with van der Waals surface area (Å²) in [7, 11) is 1.49. The van der Waals surface area contributed by atoms with Crippen LogP contribution in [0.15, 0.2) is 71.3 Å². The van der Waals surface area contributed by atoms with Crippen LogP contribution in [0.4, 0.5) is 5.69 Å². The average Bonchev–Trinajstić information content (AvgIpc) is 3.64. The first-order valence-corrected chi connectivity index (χ1v) is 12.3. The van der Waals surface area contributed by atoms with E-state index in [-0.39, 0.29) is 29.3 Å². The number of nitrogens with one attached hydrogen (secondary N) is 2. The van der Waals surface area contributed by atoms with Crippen LogP contribution in [0.25, 0.3) is 0 Å². The van der Waals surface area contributed by atoms with Crippen molar-refractivity contribution in [3.05, 3.63) is 83.3 Å². The molecular formula is C27H28ClN3O6. The lowest BCUT2D eigenvalue weighted by molar-refractivity contribution is -0.126. The highest BCUT2D eigenvalue weighted by Crippen LogP contribution is 2.34. The standard InChI is InChI=1S/C27H28ClN3O6/c1-35-22-12-11-19(15-21(22)28)31(24(32)17-30-26(33)23-10-6-14-37-23)25(18-7-3-2-4-8-18)27(34)29-16-20-9-5-13-36-20/h2-4,6-8,10-12,14-15,20,25H,5,9,13,16-17H2,1H3,(H,29,34)(H,30,33)/t20-,25-/m1/s1. The van der Waals surface area contributed by atoms with E-state index in [4.69, 9.17) is 25.5 Å². The Morgan fingerprint density at radius 3 is 2.57 bits per heavy atom. The van der Waals surface area contributed by atoms with Crippen molar-refractivity contribution in [2.75, 3.05) is 31.7 Å². The van der Waals surface area contributed by atoms with Crippen LogP contribution < -0.4 is 20.3 Å². The Morgan fingerprint density at radius 2 is 1.92 bits per heavy atom. The van der Waals surface area contributed by atoms with E-state index in [0.717, 1.165) is 12.8 Å². The Kier molecular flexibility index (Phi) is 8.81. The minimum Gasteiger partial charge on any atom is -0.495 e. The number of hydrogen-bond acceptors (Lipinski definition) is 6. The number of hydrogen-bond donors (Lipinski definition) is 2. The van der Waals surface area contributed by atoms with E-state index >= 15 is 0 Å². The highest BCUT2D eigenvalue weighted by Gasteiger charge is 2.34. The second-order valence-electron chi connectivity index (χ2n) is 8.44. The number of halogens is 1. The maximum Gasteiger partial charge on any atom is 0.287 e. The molecular weight excluding hydrogens is 498 g/mol. The van der Waals surface area contributed by atoms with Crippen LogP contribution in [0.1, 0.15) is 35.0 Å². The molecule has 4 rings (SSSR count). The van der Waals surface area contributed by atoms with Crippen molar-refractivity contribution in [1.82, 2.24) is 10.6 Å². The fourth-order valence-corrected chi connectivity index (χ4v) is 4.40. The first-order valence-electron chi connectivity index (χ1n) is 11.9. The van der Waals surface area contributed by atoms with Crippen LogP contribution in [0.2, 0.25) is 5.02 Å². The van der Waals surface area contributed by atoms with Crippen LogP contribution in [-0.2, 0) is 14.3 Å². The van der Waals surface area contributed by atoms with Crippen molar-refractivity contribution in [1.29, 1.82) is 0 Å². The topological polar surface area (TPSA) is 110 Å². The molecule has 1 aliphatic heterocycles. The molecule has 0 radical (unpaired) electrons. The molecule has 1 fully saturated rings. The second-order valence-corrected chi connectivity index (χ2v) is 8.84. The van der Waals surface area contributed by atoms with Crippen molar-refractivity contribution in [2.45, 2.75) is 25.0 Å². The molecule has 9 nitrogen and oxygen atoms in total. The molecule has 37 heavy (non-hydrogen) atoms. The number of carbonyl (C=O) groups excluding carboxylic acids is 3. The summed E-state index contributed by atoms with van der Waals surface area (Å²) in [4.78, 5) is 41.0. The van der Waals surface area contributed by atoms with E-state index < -0.39 is 17.9 Å². The number of benzene rings is 2. The van der Waals surface area contributed by atoms with Gasteiger partial charge in [-0.25, -0.2) is 0 Å². The van der Waals surface area contributed by atoms with Crippen molar-refractivity contribution in [2.24, 2.45) is 0 Å². The van der Waals surface area contributed by atoms with E-state index in [1.807, 2.05) is 6.07 Å². The van der Waals surface area contributed by atoms with Gasteiger partial charge in [-0.15, -0.1) is 0 Å². The van der Waals surface area contributed by atoms with Gasteiger partial charge in [-0.1, -0.05) is 41.9 Å². The Balaban J connectivity index is 1.66. The van der Waals surface area contributed by atoms with Gasteiger partial charge in [-0.05, 0) is 48.7 Å². The normalized spacial score (nSPS) is 15.6. The zero-order chi connectivity index (χ0) is 26.2. The highest BCUT2D eigenvalue weighted by molar-refractivity contribution is 6.32. The van der Waals surface area contributed by atoms with Crippen LogP contribution in [0.5, 0.6) is 5.75 Å². The lowest BCUT2D eigenvalue weighted by atomic mass is 10.0. The predicted molar refractivity (Wildman–Crippen MR) is 138 cm³/mol. The van der Waals surface area contributed by atoms with E-state index in [1.165, 1.54) is 24.3 Å². The van der Waals surface area contributed by atoms with Gasteiger partial charge in [0, 0.05) is 18.8 Å². The summed E-state index contributed by atoms with van der Waals surface area (Å²) in [5.41, 5.74) is 0.953. The largest absolute Gasteiger partial charge is 0.495 e. The molecule has 0 unspecified atom stereocenters. The Morgan fingerprint density at radius 1 is 1.11 bits per heavy atom. The van der Waals surface area contributed by atoms with Gasteiger partial charge in [0.2, 0.25) is 11.8 Å². The molecule has 1 aromatic heterocycles. The molecule has 2 heterocycles. The van der Waals surface area contributed by atoms with E-state index in [1.54, 1.807) is 48.5 Å². The van der Waals surface area contributed by atoms with Gasteiger partial charge < -0.3 is 24.5 Å². The first-order chi connectivity index (χ1) is 18.0. The fourth-order valence-electron chi connectivity index (χ4n) is 4.15. The van der Waals surface area contributed by atoms with Crippen molar-refractivity contribution in [3.8, 4) is 5.75 Å². The molecule has 3 amide bonds. The van der Waals surface area contributed by atoms with Gasteiger partial charge in [0.1, 0.15) is 11.8 Å². The predicted octanol–water partition coefficient (Wildman–Crippen LogP) is 3.74. The SMILES string of the molecule is COc1ccc(N(C(=O)CNC(=O)c2ccco2)[C@@H](C(=O)NC[C@H]2CCCO2)c2ccccc2)cc1Cl. The monoisotopic (exact) mass is 525 g/mol. The third-order valence-corrected chi connectivity index (χ3v) is 6.27. The van der Waals surface area contributed by atoms with Gasteiger partial charge in [-0.2, -0.15) is 0 Å². The number of rotatable bonds is 10. The van der Waals surface area contributed by atoms with Crippen molar-refractivity contribution >= 4 is 35.0 Å². The van der Waals surface area contributed by atoms with Crippen LogP contribution in [-0.4, -0.2) is 50.6 Å². The smallest absolute Gasteiger partial charge is 0.287 e. The van der Waals surface area contributed by atoms with Gasteiger partial charge in [0.15, 0.2) is 5.76 Å². The minimum atomic E-state index is -1.04. The summed E-state index contributed by atoms with van der Waals surface area (Å²) in [6, 6.07) is 15.8. The lowest BCUT2D eigenvalue weighted by Gasteiger charge is -2.32. The van der Waals surface area contributed by atoms with Gasteiger partial charge >= 0.3 is 0 Å². The summed E-state index contributed by atoms with van der Waals surface area (Å²) in [6.07, 6.45) is 3.08. The minimum absolute atomic E-state index is 0.0701. The third kappa shape index (κ3) is 6.49. The second kappa shape index (κ2) is 12.4. The summed E-state index contributed by atoms with van der Waals surface area (Å²) in [5, 5.41) is 5.76. The summed E-state index contributed by atoms with van der Waals surface area (Å²) in [5.74, 6) is -0.976. The average molecular weight is 526 g/mol. The molecule has 0 bridgehead atoms. The molecule has 10 heteroatoms. The summed E-state index contributed by atoms with van der Waals surface area (Å²) >= 11 is 6.39. The summed E-state index contributed by atoms with van der Waals surface area (Å²) in [6.45, 7) is 0.599. The number of nitrogens with zero attached hydrogens (tertiary/aromatic N) is 1.